The highest BCUT2D eigenvalue weighted by Crippen LogP contribution is 2.37. The minimum Gasteiger partial charge on any atom is -0.352 e. The van der Waals surface area contributed by atoms with E-state index in [9.17, 15) is 14.0 Å². The first-order valence-electron chi connectivity index (χ1n) is 11.3. The van der Waals surface area contributed by atoms with Crippen molar-refractivity contribution in [2.75, 3.05) is 0 Å². The fraction of sp³-hybridized carbons (Fsp3) is 0.222. The number of nitrogens with one attached hydrogen (secondary N) is 1. The molecule has 1 aliphatic rings. The topological polar surface area (TPSA) is 67.2 Å². The van der Waals surface area contributed by atoms with E-state index in [0.717, 1.165) is 28.0 Å². The molecule has 0 aliphatic carbocycles. The number of imidazole rings is 1. The van der Waals surface area contributed by atoms with Crippen LogP contribution in [0.2, 0.25) is 0 Å². The zero-order valence-corrected chi connectivity index (χ0v) is 18.8. The van der Waals surface area contributed by atoms with Crippen LogP contribution < -0.4 is 5.32 Å². The molecule has 172 valence electrons. The highest BCUT2D eigenvalue weighted by molar-refractivity contribution is 5.90. The van der Waals surface area contributed by atoms with E-state index < -0.39 is 6.04 Å². The Bertz CT molecular complexity index is 1330. The molecule has 0 bridgehead atoms. The van der Waals surface area contributed by atoms with Crippen LogP contribution in [0, 0.1) is 5.82 Å². The van der Waals surface area contributed by atoms with Crippen LogP contribution in [0.25, 0.3) is 11.0 Å². The molecule has 0 unspecified atom stereocenters. The van der Waals surface area contributed by atoms with Gasteiger partial charge in [-0.3, -0.25) is 9.59 Å². The second-order valence-electron chi connectivity index (χ2n) is 8.58. The van der Waals surface area contributed by atoms with E-state index in [1.807, 2.05) is 66.1 Å². The van der Waals surface area contributed by atoms with E-state index in [2.05, 4.69) is 5.32 Å². The second-order valence-corrected chi connectivity index (χ2v) is 8.58. The van der Waals surface area contributed by atoms with Crippen molar-refractivity contribution in [1.82, 2.24) is 19.8 Å². The van der Waals surface area contributed by atoms with Gasteiger partial charge in [-0.2, -0.15) is 0 Å². The lowest BCUT2D eigenvalue weighted by molar-refractivity contribution is -0.142. The first-order valence-corrected chi connectivity index (χ1v) is 11.3. The Morgan fingerprint density at radius 3 is 2.44 bits per heavy atom. The van der Waals surface area contributed by atoms with Gasteiger partial charge in [-0.25, -0.2) is 9.37 Å². The molecule has 0 saturated carbocycles. The van der Waals surface area contributed by atoms with Gasteiger partial charge in [0.05, 0.1) is 23.5 Å². The van der Waals surface area contributed by atoms with Gasteiger partial charge in [-0.05, 0) is 42.3 Å². The second kappa shape index (κ2) is 9.09. The molecule has 1 N–H and O–H groups in total. The summed E-state index contributed by atoms with van der Waals surface area (Å²) in [5.74, 6) is 0.0904. The van der Waals surface area contributed by atoms with Crippen LogP contribution in [0.15, 0.2) is 78.9 Å². The number of aromatic nitrogens is 2. The SMILES string of the molecule is C[C@H]1c2nc3ccccc3n2[C@@H](CC(=O)NCc2ccc(F)cc2)C(=O)N1Cc1ccccc1. The summed E-state index contributed by atoms with van der Waals surface area (Å²) in [6.45, 7) is 2.68. The summed E-state index contributed by atoms with van der Waals surface area (Å²) in [7, 11) is 0. The lowest BCUT2D eigenvalue weighted by atomic mass is 10.0. The van der Waals surface area contributed by atoms with Crippen molar-refractivity contribution in [3.8, 4) is 0 Å². The first-order chi connectivity index (χ1) is 16.5. The highest BCUT2D eigenvalue weighted by Gasteiger charge is 2.40. The molecule has 1 aromatic heterocycles. The molecule has 2 atom stereocenters. The number of carbonyl (C=O) groups excluding carboxylic acids is 2. The molecule has 0 radical (unpaired) electrons. The molecule has 0 fully saturated rings. The third-order valence-corrected chi connectivity index (χ3v) is 6.32. The largest absolute Gasteiger partial charge is 0.352 e. The summed E-state index contributed by atoms with van der Waals surface area (Å²) in [6, 6.07) is 22.5. The summed E-state index contributed by atoms with van der Waals surface area (Å²) in [4.78, 5) is 33.3. The van der Waals surface area contributed by atoms with E-state index in [1.54, 1.807) is 17.0 Å². The smallest absolute Gasteiger partial charge is 0.247 e. The van der Waals surface area contributed by atoms with Crippen molar-refractivity contribution >= 4 is 22.8 Å². The molecule has 5 rings (SSSR count). The number of hydrogen-bond donors (Lipinski definition) is 1. The van der Waals surface area contributed by atoms with Gasteiger partial charge >= 0.3 is 0 Å². The number of benzene rings is 3. The molecule has 7 heteroatoms. The zero-order valence-electron chi connectivity index (χ0n) is 18.8. The van der Waals surface area contributed by atoms with Gasteiger partial charge in [-0.15, -0.1) is 0 Å². The lowest BCUT2D eigenvalue weighted by Gasteiger charge is -2.38. The zero-order chi connectivity index (χ0) is 23.7. The maximum absolute atomic E-state index is 13.7. The van der Waals surface area contributed by atoms with E-state index in [0.29, 0.717) is 6.54 Å². The average molecular weight is 457 g/mol. The molecule has 0 spiro atoms. The average Bonchev–Trinajstić information content (AvgIpc) is 3.24. The third-order valence-electron chi connectivity index (χ3n) is 6.32. The molecule has 2 heterocycles. The normalized spacial score (nSPS) is 17.6. The molecule has 4 aromatic rings. The maximum atomic E-state index is 13.7. The molecule has 1 aliphatic heterocycles. The minimum atomic E-state index is -0.699. The van der Waals surface area contributed by atoms with Crippen molar-refractivity contribution in [1.29, 1.82) is 0 Å². The van der Waals surface area contributed by atoms with Crippen LogP contribution in [0.4, 0.5) is 4.39 Å². The number of rotatable bonds is 6. The van der Waals surface area contributed by atoms with Crippen LogP contribution in [-0.4, -0.2) is 26.3 Å². The quantitative estimate of drug-likeness (QED) is 0.464. The van der Waals surface area contributed by atoms with Gasteiger partial charge in [0.2, 0.25) is 11.8 Å². The first kappa shape index (κ1) is 21.8. The molecule has 6 nitrogen and oxygen atoms in total. The van der Waals surface area contributed by atoms with Gasteiger partial charge in [0.1, 0.15) is 17.7 Å². The van der Waals surface area contributed by atoms with Crippen LogP contribution in [0.5, 0.6) is 0 Å². The molecule has 2 amide bonds. The summed E-state index contributed by atoms with van der Waals surface area (Å²) in [5.41, 5.74) is 3.45. The van der Waals surface area contributed by atoms with E-state index in [-0.39, 0.29) is 36.6 Å². The number of amides is 2. The van der Waals surface area contributed by atoms with Crippen molar-refractivity contribution < 1.29 is 14.0 Å². The van der Waals surface area contributed by atoms with Crippen molar-refractivity contribution in [2.45, 2.75) is 38.5 Å². The molecule has 3 aromatic carbocycles. The predicted octanol–water partition coefficient (Wildman–Crippen LogP) is 4.53. The van der Waals surface area contributed by atoms with Crippen LogP contribution >= 0.6 is 0 Å². The number of halogens is 1. The summed E-state index contributed by atoms with van der Waals surface area (Å²) < 4.78 is 15.1. The predicted molar refractivity (Wildman–Crippen MR) is 127 cm³/mol. The maximum Gasteiger partial charge on any atom is 0.247 e. The van der Waals surface area contributed by atoms with Crippen molar-refractivity contribution in [3.05, 3.63) is 102 Å². The number of nitrogens with zero attached hydrogens (tertiary/aromatic N) is 3. The molecular weight excluding hydrogens is 431 g/mol. The Balaban J connectivity index is 1.44. The van der Waals surface area contributed by atoms with E-state index in [1.165, 1.54) is 12.1 Å². The van der Waals surface area contributed by atoms with Gasteiger partial charge in [0.25, 0.3) is 0 Å². The van der Waals surface area contributed by atoms with Crippen LogP contribution in [0.1, 0.15) is 42.4 Å². The van der Waals surface area contributed by atoms with E-state index >= 15 is 0 Å². The molecular formula is C27H25FN4O2. The van der Waals surface area contributed by atoms with Gasteiger partial charge in [-0.1, -0.05) is 54.6 Å². The number of hydrogen-bond acceptors (Lipinski definition) is 3. The monoisotopic (exact) mass is 456 g/mol. The van der Waals surface area contributed by atoms with E-state index in [4.69, 9.17) is 4.98 Å². The van der Waals surface area contributed by atoms with Crippen LogP contribution in [0.3, 0.4) is 0 Å². The van der Waals surface area contributed by atoms with Crippen molar-refractivity contribution in [3.63, 3.8) is 0 Å². The fourth-order valence-corrected chi connectivity index (χ4v) is 4.54. The molecule has 34 heavy (non-hydrogen) atoms. The Kier molecular flexibility index (Phi) is 5.84. The number of para-hydroxylation sites is 2. The summed E-state index contributed by atoms with van der Waals surface area (Å²) in [5, 5.41) is 2.87. The summed E-state index contributed by atoms with van der Waals surface area (Å²) >= 11 is 0. The Hall–Kier alpha value is -4.00. The highest BCUT2D eigenvalue weighted by atomic mass is 19.1. The standard InChI is InChI=1S/C27H25FN4O2/c1-18-26-30-22-9-5-6-10-23(22)32(26)24(27(34)31(18)17-20-7-3-2-4-8-20)15-25(33)29-16-19-11-13-21(28)14-12-19/h2-14,18,24H,15-17H2,1H3,(H,29,33)/t18-,24-/m0/s1. The lowest BCUT2D eigenvalue weighted by Crippen LogP contribution is -2.46. The third kappa shape index (κ3) is 4.17. The van der Waals surface area contributed by atoms with Gasteiger partial charge < -0.3 is 14.8 Å². The van der Waals surface area contributed by atoms with Crippen molar-refractivity contribution in [2.24, 2.45) is 0 Å². The van der Waals surface area contributed by atoms with Crippen LogP contribution in [-0.2, 0) is 22.7 Å². The Morgan fingerprint density at radius 2 is 1.68 bits per heavy atom. The Morgan fingerprint density at radius 1 is 0.971 bits per heavy atom. The summed E-state index contributed by atoms with van der Waals surface area (Å²) in [6.07, 6.45) is -0.00854. The molecule has 0 saturated heterocycles. The Labute approximate surface area is 197 Å². The fourth-order valence-electron chi connectivity index (χ4n) is 4.54. The minimum absolute atomic E-state index is 0.00854. The van der Waals surface area contributed by atoms with Gasteiger partial charge in [0, 0.05) is 13.1 Å². The number of fused-ring (bicyclic) bond motifs is 3. The van der Waals surface area contributed by atoms with Gasteiger partial charge in [0.15, 0.2) is 0 Å². The number of carbonyl (C=O) groups is 2.